The lowest BCUT2D eigenvalue weighted by atomic mass is 10.2. The van der Waals surface area contributed by atoms with Gasteiger partial charge < -0.3 is 5.32 Å². The summed E-state index contributed by atoms with van der Waals surface area (Å²) in [7, 11) is 0. The third kappa shape index (κ3) is 4.88. The molecule has 23 heavy (non-hydrogen) atoms. The maximum Gasteiger partial charge on any atom is 0.159 e. The molecule has 0 atom stereocenters. The van der Waals surface area contributed by atoms with Crippen LogP contribution in [0.2, 0.25) is 0 Å². The number of nitrogens with one attached hydrogen (secondary N) is 1. The Labute approximate surface area is 139 Å². The molecule has 0 heterocycles. The van der Waals surface area contributed by atoms with Crippen molar-refractivity contribution in [3.05, 3.63) is 76.1 Å². The minimum Gasteiger partial charge on any atom is -0.349 e. The van der Waals surface area contributed by atoms with Crippen molar-refractivity contribution in [3.8, 4) is 12.1 Å². The average molecular weight is 323 g/mol. The van der Waals surface area contributed by atoms with Gasteiger partial charge in [0, 0.05) is 11.4 Å². The Morgan fingerprint density at radius 1 is 1.04 bits per heavy atom. The average Bonchev–Trinajstić information content (AvgIpc) is 2.57. The summed E-state index contributed by atoms with van der Waals surface area (Å²) in [5.74, 6) is 0.239. The fourth-order valence-electron chi connectivity index (χ4n) is 1.80. The molecule has 1 N–H and O–H groups in total. The summed E-state index contributed by atoms with van der Waals surface area (Å²) in [5, 5.41) is 21.8. The predicted octanol–water partition coefficient (Wildman–Crippen LogP) is 4.74. The smallest absolute Gasteiger partial charge is 0.159 e. The molecule has 0 aliphatic heterocycles. The highest BCUT2D eigenvalue weighted by Gasteiger charge is 2.08. The van der Waals surface area contributed by atoms with Crippen LogP contribution in [0.4, 0.5) is 10.1 Å². The van der Waals surface area contributed by atoms with Crippen molar-refractivity contribution < 1.29 is 4.39 Å². The Morgan fingerprint density at radius 2 is 1.65 bits per heavy atom. The van der Waals surface area contributed by atoms with Gasteiger partial charge in [0.05, 0.1) is 0 Å². The van der Waals surface area contributed by atoms with E-state index >= 15 is 0 Å². The van der Waals surface area contributed by atoms with Crippen molar-refractivity contribution >= 4 is 17.4 Å². The van der Waals surface area contributed by atoms with Gasteiger partial charge in [-0.25, -0.2) is 4.39 Å². The zero-order valence-electron chi connectivity index (χ0n) is 12.5. The first-order valence-electron chi connectivity index (χ1n) is 6.88. The van der Waals surface area contributed by atoms with Crippen LogP contribution in [-0.4, -0.2) is 0 Å². The highest BCUT2D eigenvalue weighted by Crippen LogP contribution is 2.26. The van der Waals surface area contributed by atoms with Crippen LogP contribution < -0.4 is 5.32 Å². The summed E-state index contributed by atoms with van der Waals surface area (Å²) in [5.41, 5.74) is 2.87. The standard InChI is InChI=1S/C18H14FN3S/c1-13-2-8-17(9-3-13)22-18(15(10-20)11-21)23-12-14-4-6-16(19)7-5-14/h2-9,22H,12H2,1H3. The molecule has 0 aromatic heterocycles. The Bertz CT molecular complexity index is 765. The van der Waals surface area contributed by atoms with Gasteiger partial charge in [-0.15, -0.1) is 11.8 Å². The number of hydrogen-bond donors (Lipinski definition) is 1. The minimum absolute atomic E-state index is 0.0256. The molecule has 0 saturated carbocycles. The largest absolute Gasteiger partial charge is 0.349 e. The molecule has 5 heteroatoms. The summed E-state index contributed by atoms with van der Waals surface area (Å²) in [4.78, 5) is 0. The van der Waals surface area contributed by atoms with E-state index in [4.69, 9.17) is 10.5 Å². The van der Waals surface area contributed by atoms with Crippen LogP contribution in [0, 0.1) is 35.4 Å². The molecule has 2 aromatic carbocycles. The van der Waals surface area contributed by atoms with Crippen LogP contribution in [-0.2, 0) is 5.75 Å². The number of benzene rings is 2. The van der Waals surface area contributed by atoms with E-state index in [0.717, 1.165) is 16.8 Å². The second kappa shape index (κ2) is 8.03. The molecule has 2 aromatic rings. The van der Waals surface area contributed by atoms with Gasteiger partial charge in [-0.05, 0) is 36.8 Å². The molecule has 0 aliphatic carbocycles. The molecular formula is C18H14FN3S. The molecule has 114 valence electrons. The van der Waals surface area contributed by atoms with Crippen molar-refractivity contribution in [2.45, 2.75) is 12.7 Å². The second-order valence-corrected chi connectivity index (χ2v) is 5.82. The van der Waals surface area contributed by atoms with Gasteiger partial charge in [0.2, 0.25) is 0 Å². The maximum absolute atomic E-state index is 12.9. The number of nitriles is 2. The lowest BCUT2D eigenvalue weighted by Crippen LogP contribution is -2.00. The molecule has 0 radical (unpaired) electrons. The van der Waals surface area contributed by atoms with Crippen molar-refractivity contribution in [1.29, 1.82) is 10.5 Å². The first kappa shape index (κ1) is 16.6. The summed E-state index contributed by atoms with van der Waals surface area (Å²) in [6.07, 6.45) is 0. The van der Waals surface area contributed by atoms with E-state index in [1.165, 1.54) is 23.9 Å². The van der Waals surface area contributed by atoms with Gasteiger partial charge in [0.15, 0.2) is 5.57 Å². The highest BCUT2D eigenvalue weighted by molar-refractivity contribution is 8.02. The molecular weight excluding hydrogens is 309 g/mol. The van der Waals surface area contributed by atoms with Gasteiger partial charge >= 0.3 is 0 Å². The van der Waals surface area contributed by atoms with E-state index in [-0.39, 0.29) is 11.4 Å². The normalized spacial score (nSPS) is 9.57. The number of nitrogens with zero attached hydrogens (tertiary/aromatic N) is 2. The third-order valence-electron chi connectivity index (χ3n) is 3.06. The van der Waals surface area contributed by atoms with Crippen LogP contribution in [0.15, 0.2) is 59.1 Å². The summed E-state index contributed by atoms with van der Waals surface area (Å²) in [6, 6.07) is 17.6. The first-order valence-corrected chi connectivity index (χ1v) is 7.86. The highest BCUT2D eigenvalue weighted by atomic mass is 32.2. The molecule has 0 spiro atoms. The molecule has 2 rings (SSSR count). The Balaban J connectivity index is 2.17. The van der Waals surface area contributed by atoms with Crippen LogP contribution in [0.1, 0.15) is 11.1 Å². The van der Waals surface area contributed by atoms with Crippen molar-refractivity contribution in [2.75, 3.05) is 5.32 Å². The van der Waals surface area contributed by atoms with Gasteiger partial charge in [0.25, 0.3) is 0 Å². The van der Waals surface area contributed by atoms with E-state index < -0.39 is 0 Å². The van der Waals surface area contributed by atoms with E-state index in [1.54, 1.807) is 12.1 Å². The van der Waals surface area contributed by atoms with Crippen LogP contribution in [0.25, 0.3) is 0 Å². The second-order valence-electron chi connectivity index (χ2n) is 4.83. The number of thioether (sulfide) groups is 1. The van der Waals surface area contributed by atoms with Crippen molar-refractivity contribution in [1.82, 2.24) is 0 Å². The molecule has 0 aliphatic rings. The number of halogens is 1. The number of rotatable bonds is 5. The monoisotopic (exact) mass is 323 g/mol. The topological polar surface area (TPSA) is 59.6 Å². The number of anilines is 1. The minimum atomic E-state index is -0.290. The van der Waals surface area contributed by atoms with E-state index in [9.17, 15) is 4.39 Å². The Hall–Kier alpha value is -2.76. The Kier molecular flexibility index (Phi) is 5.80. The molecule has 0 amide bonds. The lowest BCUT2D eigenvalue weighted by Gasteiger charge is -2.11. The SMILES string of the molecule is Cc1ccc(NC(SCc2ccc(F)cc2)=C(C#N)C#N)cc1. The number of aryl methyl sites for hydroxylation is 1. The van der Waals surface area contributed by atoms with Gasteiger partial charge in [-0.2, -0.15) is 10.5 Å². The van der Waals surface area contributed by atoms with Crippen molar-refractivity contribution in [2.24, 2.45) is 0 Å². The zero-order valence-corrected chi connectivity index (χ0v) is 13.3. The quantitative estimate of drug-likeness (QED) is 0.808. The van der Waals surface area contributed by atoms with Crippen LogP contribution in [0.3, 0.4) is 0 Å². The van der Waals surface area contributed by atoms with Crippen LogP contribution >= 0.6 is 11.8 Å². The molecule has 3 nitrogen and oxygen atoms in total. The van der Waals surface area contributed by atoms with E-state index in [1.807, 2.05) is 43.3 Å². The van der Waals surface area contributed by atoms with Gasteiger partial charge in [-0.3, -0.25) is 0 Å². The summed E-state index contributed by atoms with van der Waals surface area (Å²) >= 11 is 1.34. The van der Waals surface area contributed by atoms with E-state index in [0.29, 0.717) is 10.8 Å². The fourth-order valence-corrected chi connectivity index (χ4v) is 2.73. The fraction of sp³-hybridized carbons (Fsp3) is 0.111. The van der Waals surface area contributed by atoms with Crippen LogP contribution in [0.5, 0.6) is 0 Å². The van der Waals surface area contributed by atoms with Gasteiger partial charge in [0.1, 0.15) is 23.0 Å². The van der Waals surface area contributed by atoms with E-state index in [2.05, 4.69) is 5.32 Å². The third-order valence-corrected chi connectivity index (χ3v) is 4.13. The Morgan fingerprint density at radius 3 is 2.22 bits per heavy atom. The molecule has 0 unspecified atom stereocenters. The van der Waals surface area contributed by atoms with Gasteiger partial charge in [-0.1, -0.05) is 29.8 Å². The molecule has 0 saturated heterocycles. The number of hydrogen-bond acceptors (Lipinski definition) is 4. The molecule has 0 bridgehead atoms. The predicted molar refractivity (Wildman–Crippen MR) is 90.7 cm³/mol. The first-order chi connectivity index (χ1) is 11.1. The zero-order chi connectivity index (χ0) is 16.7. The lowest BCUT2D eigenvalue weighted by molar-refractivity contribution is 0.627. The van der Waals surface area contributed by atoms with Crippen molar-refractivity contribution in [3.63, 3.8) is 0 Å². The molecule has 0 fully saturated rings. The summed E-state index contributed by atoms with van der Waals surface area (Å²) < 4.78 is 12.9. The maximum atomic E-state index is 12.9. The number of allylic oxidation sites excluding steroid dienone is 1. The summed E-state index contributed by atoms with van der Waals surface area (Å²) in [6.45, 7) is 1.99.